The number of carbonyl (C=O) groups excluding carboxylic acids is 2. The van der Waals surface area contributed by atoms with E-state index in [9.17, 15) is 18.0 Å². The number of nitrogens with one attached hydrogen (secondary N) is 1. The maximum absolute atomic E-state index is 13.6. The number of para-hydroxylation sites is 1. The topological polar surface area (TPSA) is 86.8 Å². The highest BCUT2D eigenvalue weighted by atomic mass is 32.2. The molecular formula is C26H37N3O4S. The van der Waals surface area contributed by atoms with Crippen LogP contribution in [0, 0.1) is 6.92 Å². The molecule has 2 unspecified atom stereocenters. The number of hydrogen-bond acceptors (Lipinski definition) is 4. The van der Waals surface area contributed by atoms with Crippen LogP contribution in [0.3, 0.4) is 0 Å². The van der Waals surface area contributed by atoms with Gasteiger partial charge in [-0.3, -0.25) is 13.9 Å². The summed E-state index contributed by atoms with van der Waals surface area (Å²) in [4.78, 5) is 28.0. The molecule has 186 valence electrons. The number of benzene rings is 2. The zero-order valence-corrected chi connectivity index (χ0v) is 21.9. The second-order valence-corrected chi connectivity index (χ2v) is 10.7. The lowest BCUT2D eigenvalue weighted by molar-refractivity contribution is -0.139. The highest BCUT2D eigenvalue weighted by molar-refractivity contribution is 7.92. The van der Waals surface area contributed by atoms with Crippen molar-refractivity contribution in [3.63, 3.8) is 0 Å². The fourth-order valence-electron chi connectivity index (χ4n) is 3.59. The lowest BCUT2D eigenvalue weighted by Gasteiger charge is -2.32. The first-order valence-corrected chi connectivity index (χ1v) is 13.5. The van der Waals surface area contributed by atoms with Gasteiger partial charge in [0.2, 0.25) is 21.8 Å². The Balaban J connectivity index is 2.41. The third-order valence-corrected chi connectivity index (χ3v) is 7.09. The molecule has 0 fully saturated rings. The van der Waals surface area contributed by atoms with Crippen LogP contribution in [0.1, 0.15) is 50.8 Å². The summed E-state index contributed by atoms with van der Waals surface area (Å²) in [6.07, 6.45) is 2.48. The van der Waals surface area contributed by atoms with Gasteiger partial charge in [-0.25, -0.2) is 8.42 Å². The van der Waals surface area contributed by atoms with E-state index in [-0.39, 0.29) is 25.0 Å². The molecule has 0 spiro atoms. The molecule has 34 heavy (non-hydrogen) atoms. The number of aryl methyl sites for hydroxylation is 2. The van der Waals surface area contributed by atoms with Gasteiger partial charge in [0.15, 0.2) is 0 Å². The van der Waals surface area contributed by atoms with E-state index in [2.05, 4.69) is 5.32 Å². The summed E-state index contributed by atoms with van der Waals surface area (Å²) in [6.45, 7) is 9.28. The van der Waals surface area contributed by atoms with Gasteiger partial charge in [-0.05, 0) is 50.8 Å². The van der Waals surface area contributed by atoms with Crippen molar-refractivity contribution in [2.24, 2.45) is 0 Å². The third-order valence-electron chi connectivity index (χ3n) is 5.96. The van der Waals surface area contributed by atoms with Crippen LogP contribution in [0.2, 0.25) is 0 Å². The SMILES string of the molecule is CCc1ccccc1N(CC(=O)N(Cc1ccc(C)cc1)C(C)C(=O)NC(C)CC)S(C)(=O)=O. The first-order valence-electron chi connectivity index (χ1n) is 11.7. The van der Waals surface area contributed by atoms with E-state index in [0.717, 1.165) is 33.7 Å². The van der Waals surface area contributed by atoms with E-state index in [1.54, 1.807) is 19.1 Å². The van der Waals surface area contributed by atoms with Gasteiger partial charge in [0.05, 0.1) is 11.9 Å². The molecule has 1 N–H and O–H groups in total. The molecule has 0 aliphatic heterocycles. The summed E-state index contributed by atoms with van der Waals surface area (Å²) in [5.41, 5.74) is 3.26. The molecule has 0 aliphatic rings. The van der Waals surface area contributed by atoms with Crippen molar-refractivity contribution in [3.05, 3.63) is 65.2 Å². The van der Waals surface area contributed by atoms with Crippen LogP contribution < -0.4 is 9.62 Å². The normalized spacial score (nSPS) is 13.1. The quantitative estimate of drug-likeness (QED) is 0.524. The van der Waals surface area contributed by atoms with Crippen molar-refractivity contribution in [1.82, 2.24) is 10.2 Å². The maximum atomic E-state index is 13.6. The highest BCUT2D eigenvalue weighted by Gasteiger charge is 2.31. The predicted molar refractivity (Wildman–Crippen MR) is 137 cm³/mol. The Bertz CT molecular complexity index is 1080. The van der Waals surface area contributed by atoms with Gasteiger partial charge in [-0.2, -0.15) is 0 Å². The van der Waals surface area contributed by atoms with Crippen LogP contribution in [-0.2, 0) is 32.6 Å². The number of hydrogen-bond donors (Lipinski definition) is 1. The van der Waals surface area contributed by atoms with E-state index >= 15 is 0 Å². The fourth-order valence-corrected chi connectivity index (χ4v) is 4.47. The first-order chi connectivity index (χ1) is 16.0. The molecule has 0 radical (unpaired) electrons. The molecule has 0 aromatic heterocycles. The zero-order chi connectivity index (χ0) is 25.5. The summed E-state index contributed by atoms with van der Waals surface area (Å²) in [5.74, 6) is -0.710. The fraction of sp³-hybridized carbons (Fsp3) is 0.462. The van der Waals surface area contributed by atoms with Gasteiger partial charge >= 0.3 is 0 Å². The Kier molecular flexibility index (Phi) is 9.67. The standard InChI is InChI=1S/C26H37N3O4S/c1-7-20(4)27-26(31)21(5)28(17-22-15-13-19(3)14-16-22)25(30)18-29(34(6,32)33)24-12-10-9-11-23(24)8-2/h9-16,20-21H,7-8,17-18H2,1-6H3,(H,27,31). The van der Waals surface area contributed by atoms with E-state index in [0.29, 0.717) is 12.1 Å². The predicted octanol–water partition coefficient (Wildman–Crippen LogP) is 3.66. The molecular weight excluding hydrogens is 450 g/mol. The average Bonchev–Trinajstić information content (AvgIpc) is 2.80. The number of sulfonamides is 1. The molecule has 7 nitrogen and oxygen atoms in total. The molecule has 0 saturated carbocycles. The van der Waals surface area contributed by atoms with Crippen molar-refractivity contribution in [2.45, 2.75) is 66.1 Å². The number of rotatable bonds is 11. The van der Waals surface area contributed by atoms with Crippen LogP contribution in [0.5, 0.6) is 0 Å². The average molecular weight is 488 g/mol. The van der Waals surface area contributed by atoms with Gasteiger partial charge in [-0.15, -0.1) is 0 Å². The summed E-state index contributed by atoms with van der Waals surface area (Å²) in [5, 5.41) is 2.93. The maximum Gasteiger partial charge on any atom is 0.244 e. The smallest absolute Gasteiger partial charge is 0.244 e. The summed E-state index contributed by atoms with van der Waals surface area (Å²) < 4.78 is 26.6. The van der Waals surface area contributed by atoms with Crippen LogP contribution in [0.25, 0.3) is 0 Å². The second-order valence-electron chi connectivity index (χ2n) is 8.75. The number of anilines is 1. The zero-order valence-electron chi connectivity index (χ0n) is 21.0. The lowest BCUT2D eigenvalue weighted by atomic mass is 10.1. The molecule has 2 amide bonds. The molecule has 2 aromatic rings. The molecule has 0 saturated heterocycles. The Morgan fingerprint density at radius 2 is 1.62 bits per heavy atom. The molecule has 2 atom stereocenters. The van der Waals surface area contributed by atoms with E-state index < -0.39 is 22.0 Å². The third kappa shape index (κ3) is 7.32. The van der Waals surface area contributed by atoms with Crippen LogP contribution in [0.15, 0.2) is 48.5 Å². The highest BCUT2D eigenvalue weighted by Crippen LogP contribution is 2.24. The molecule has 2 aromatic carbocycles. The number of amides is 2. The monoisotopic (exact) mass is 487 g/mol. The Labute approximate surface area is 204 Å². The van der Waals surface area contributed by atoms with Crippen molar-refractivity contribution in [3.8, 4) is 0 Å². The van der Waals surface area contributed by atoms with Gasteiger partial charge in [0.1, 0.15) is 12.6 Å². The van der Waals surface area contributed by atoms with Gasteiger partial charge in [0, 0.05) is 12.6 Å². The van der Waals surface area contributed by atoms with Crippen LogP contribution in [0.4, 0.5) is 5.69 Å². The van der Waals surface area contributed by atoms with E-state index in [4.69, 9.17) is 0 Å². The minimum absolute atomic E-state index is 0.0322. The van der Waals surface area contributed by atoms with Crippen LogP contribution >= 0.6 is 0 Å². The van der Waals surface area contributed by atoms with E-state index in [1.165, 1.54) is 4.90 Å². The van der Waals surface area contributed by atoms with Crippen molar-refractivity contribution in [1.29, 1.82) is 0 Å². The first kappa shape index (κ1) is 27.4. The number of carbonyl (C=O) groups is 2. The molecule has 0 bridgehead atoms. The Morgan fingerprint density at radius 1 is 1.00 bits per heavy atom. The van der Waals surface area contributed by atoms with E-state index in [1.807, 2.05) is 64.1 Å². The lowest BCUT2D eigenvalue weighted by Crippen LogP contribution is -2.52. The summed E-state index contributed by atoms with van der Waals surface area (Å²) in [7, 11) is -3.74. The van der Waals surface area contributed by atoms with Gasteiger partial charge in [-0.1, -0.05) is 61.9 Å². The second kappa shape index (κ2) is 12.0. The Morgan fingerprint density at radius 3 is 2.18 bits per heavy atom. The molecule has 8 heteroatoms. The molecule has 0 aliphatic carbocycles. The van der Waals surface area contributed by atoms with Crippen molar-refractivity contribution >= 4 is 27.5 Å². The summed E-state index contributed by atoms with van der Waals surface area (Å²) >= 11 is 0. The number of nitrogens with zero attached hydrogens (tertiary/aromatic N) is 2. The van der Waals surface area contributed by atoms with Crippen molar-refractivity contribution in [2.75, 3.05) is 17.1 Å². The largest absolute Gasteiger partial charge is 0.352 e. The minimum Gasteiger partial charge on any atom is -0.352 e. The summed E-state index contributed by atoms with van der Waals surface area (Å²) in [6, 6.07) is 14.1. The molecule has 0 heterocycles. The van der Waals surface area contributed by atoms with Gasteiger partial charge in [0.25, 0.3) is 0 Å². The van der Waals surface area contributed by atoms with Crippen LogP contribution in [-0.4, -0.2) is 50.0 Å². The van der Waals surface area contributed by atoms with Gasteiger partial charge < -0.3 is 10.2 Å². The van der Waals surface area contributed by atoms with Crippen molar-refractivity contribution < 1.29 is 18.0 Å². The minimum atomic E-state index is -3.74. The Hall–Kier alpha value is -2.87. The molecule has 2 rings (SSSR count).